The van der Waals surface area contributed by atoms with Crippen LogP contribution in [0.15, 0.2) is 36.4 Å². The fourth-order valence-electron chi connectivity index (χ4n) is 5.33. The van der Waals surface area contributed by atoms with Gasteiger partial charge in [-0.2, -0.15) is 0 Å². The lowest BCUT2D eigenvalue weighted by atomic mass is 9.83. The summed E-state index contributed by atoms with van der Waals surface area (Å²) in [5.41, 5.74) is 2.66. The maximum absolute atomic E-state index is 13.0. The lowest BCUT2D eigenvalue weighted by Crippen LogP contribution is -2.48. The Morgan fingerprint density at radius 2 is 2.09 bits per heavy atom. The van der Waals surface area contributed by atoms with Crippen LogP contribution in [0.1, 0.15) is 55.3 Å². The van der Waals surface area contributed by atoms with Gasteiger partial charge in [0.2, 0.25) is 5.91 Å². The second kappa shape index (κ2) is 8.78. The molecule has 2 amide bonds. The van der Waals surface area contributed by atoms with Crippen molar-refractivity contribution < 1.29 is 9.59 Å². The molecular weight excluding hydrogens is 473 g/mol. The highest BCUT2D eigenvalue weighted by atomic mass is 35.5. The largest absolute Gasteiger partial charge is 0.364 e. The average molecular weight is 500 g/mol. The number of nitrogens with zero attached hydrogens (tertiary/aromatic N) is 2. The minimum atomic E-state index is -0.333. The van der Waals surface area contributed by atoms with Crippen LogP contribution in [-0.4, -0.2) is 40.4 Å². The summed E-state index contributed by atoms with van der Waals surface area (Å²) in [6.45, 7) is 5.49. The average Bonchev–Trinajstić information content (AvgIpc) is 3.33. The lowest BCUT2D eigenvalue weighted by molar-refractivity contribution is -0.125. The van der Waals surface area contributed by atoms with Gasteiger partial charge in [0, 0.05) is 29.2 Å². The van der Waals surface area contributed by atoms with Crippen LogP contribution in [-0.2, 0) is 4.79 Å². The normalized spacial score (nSPS) is 23.4. The molecule has 9 heteroatoms. The molecule has 178 valence electrons. The van der Waals surface area contributed by atoms with E-state index in [9.17, 15) is 9.59 Å². The molecule has 2 aromatic carbocycles. The molecule has 1 aromatic heterocycles. The molecule has 3 unspecified atom stereocenters. The first-order chi connectivity index (χ1) is 16.3. The molecule has 0 radical (unpaired) electrons. The molecule has 3 N–H and O–H groups in total. The highest BCUT2D eigenvalue weighted by Gasteiger charge is 2.49. The number of halogens is 2. The molecule has 2 aliphatic heterocycles. The molecule has 3 aromatic rings. The van der Waals surface area contributed by atoms with E-state index in [0.717, 1.165) is 42.5 Å². The van der Waals surface area contributed by atoms with E-state index in [-0.39, 0.29) is 29.3 Å². The number of H-pyrrole nitrogens is 1. The molecule has 2 saturated heterocycles. The summed E-state index contributed by atoms with van der Waals surface area (Å²) in [4.78, 5) is 35.5. The summed E-state index contributed by atoms with van der Waals surface area (Å²) in [6, 6.07) is 10.5. The van der Waals surface area contributed by atoms with Gasteiger partial charge in [-0.3, -0.25) is 9.59 Å². The van der Waals surface area contributed by atoms with Crippen molar-refractivity contribution in [2.45, 2.75) is 44.7 Å². The number of hydrogen-bond donors (Lipinski definition) is 3. The maximum Gasteiger partial charge on any atom is 0.251 e. The Morgan fingerprint density at radius 1 is 1.26 bits per heavy atom. The number of amides is 2. The summed E-state index contributed by atoms with van der Waals surface area (Å²) >= 11 is 12.7. The second-order valence-electron chi connectivity index (χ2n) is 9.39. The van der Waals surface area contributed by atoms with Crippen molar-refractivity contribution in [3.63, 3.8) is 0 Å². The first-order valence-electron chi connectivity index (χ1n) is 11.6. The molecular formula is C25H27Cl2N5O2. The van der Waals surface area contributed by atoms with Gasteiger partial charge in [0.15, 0.2) is 0 Å². The lowest BCUT2D eigenvalue weighted by Gasteiger charge is -2.39. The molecule has 0 saturated carbocycles. The molecule has 3 heterocycles. The van der Waals surface area contributed by atoms with E-state index in [1.165, 1.54) is 0 Å². The Hall–Kier alpha value is -2.77. The van der Waals surface area contributed by atoms with Gasteiger partial charge in [-0.1, -0.05) is 23.2 Å². The Labute approximate surface area is 208 Å². The molecule has 0 aliphatic carbocycles. The van der Waals surface area contributed by atoms with Crippen molar-refractivity contribution in [2.75, 3.05) is 18.0 Å². The Morgan fingerprint density at radius 3 is 2.88 bits per heavy atom. The Kier molecular flexibility index (Phi) is 5.94. The quantitative estimate of drug-likeness (QED) is 0.478. The Bertz CT molecular complexity index is 1280. The molecule has 0 bridgehead atoms. The highest BCUT2D eigenvalue weighted by molar-refractivity contribution is 6.33. The third kappa shape index (κ3) is 4.01. The van der Waals surface area contributed by atoms with Crippen LogP contribution in [0, 0.1) is 5.92 Å². The van der Waals surface area contributed by atoms with Gasteiger partial charge in [-0.25, -0.2) is 4.98 Å². The Balaban J connectivity index is 1.34. The van der Waals surface area contributed by atoms with Gasteiger partial charge in [0.25, 0.3) is 5.91 Å². The summed E-state index contributed by atoms with van der Waals surface area (Å²) in [7, 11) is 0. The van der Waals surface area contributed by atoms with Crippen molar-refractivity contribution in [2.24, 2.45) is 5.92 Å². The minimum absolute atomic E-state index is 0.0615. The zero-order valence-corrected chi connectivity index (χ0v) is 20.6. The van der Waals surface area contributed by atoms with Crippen LogP contribution < -0.4 is 15.5 Å². The van der Waals surface area contributed by atoms with E-state index in [4.69, 9.17) is 23.2 Å². The number of hydrogen-bond acceptors (Lipinski definition) is 4. The van der Waals surface area contributed by atoms with E-state index in [0.29, 0.717) is 28.0 Å². The van der Waals surface area contributed by atoms with Gasteiger partial charge >= 0.3 is 0 Å². The number of fused-ring (bicyclic) bond motifs is 2. The number of carbonyl (C=O) groups is 2. The van der Waals surface area contributed by atoms with E-state index in [2.05, 4.69) is 32.4 Å². The molecule has 5 rings (SSSR count). The summed E-state index contributed by atoms with van der Waals surface area (Å²) < 4.78 is 0. The van der Waals surface area contributed by atoms with Crippen LogP contribution >= 0.6 is 23.2 Å². The van der Waals surface area contributed by atoms with Gasteiger partial charge in [-0.05, 0) is 69.5 Å². The van der Waals surface area contributed by atoms with Crippen molar-refractivity contribution >= 4 is 51.7 Å². The molecule has 2 aliphatic rings. The SMILES string of the molecule is CC(NC(=O)c1ccc(N2CCC3C(=O)NCCCC32C)c(Cl)c1)c1nc2ccc(Cl)cc2[nH]1. The predicted molar refractivity (Wildman–Crippen MR) is 135 cm³/mol. The van der Waals surface area contributed by atoms with Crippen LogP contribution in [0.3, 0.4) is 0 Å². The van der Waals surface area contributed by atoms with Crippen LogP contribution in [0.25, 0.3) is 11.0 Å². The molecule has 0 spiro atoms. The third-order valence-corrected chi connectivity index (χ3v) is 7.74. The standard InChI is InChI=1S/C25H27Cl2N5O2/c1-14(22-30-19-6-5-16(26)13-20(19)31-22)29-23(33)15-4-7-21(18(27)12-15)32-11-8-17-24(34)28-10-3-9-25(17,32)2/h4-7,12-14,17H,3,8-11H2,1-2H3,(H,28,34)(H,29,33)(H,30,31). The topological polar surface area (TPSA) is 90.1 Å². The smallest absolute Gasteiger partial charge is 0.251 e. The highest BCUT2D eigenvalue weighted by Crippen LogP contribution is 2.44. The summed E-state index contributed by atoms with van der Waals surface area (Å²) in [5, 5.41) is 7.14. The van der Waals surface area contributed by atoms with E-state index >= 15 is 0 Å². The molecule has 34 heavy (non-hydrogen) atoms. The number of aromatic nitrogens is 2. The van der Waals surface area contributed by atoms with Crippen molar-refractivity contribution in [3.05, 3.63) is 57.8 Å². The van der Waals surface area contributed by atoms with Crippen molar-refractivity contribution in [3.8, 4) is 0 Å². The van der Waals surface area contributed by atoms with Crippen LogP contribution in [0.4, 0.5) is 5.69 Å². The fourth-order valence-corrected chi connectivity index (χ4v) is 5.79. The maximum atomic E-state index is 13.0. The van der Waals surface area contributed by atoms with Crippen molar-refractivity contribution in [1.82, 2.24) is 20.6 Å². The van der Waals surface area contributed by atoms with E-state index in [1.54, 1.807) is 18.2 Å². The minimum Gasteiger partial charge on any atom is -0.364 e. The number of anilines is 1. The number of carbonyl (C=O) groups excluding carboxylic acids is 2. The molecule has 3 atom stereocenters. The predicted octanol–water partition coefficient (Wildman–Crippen LogP) is 4.86. The van der Waals surface area contributed by atoms with Crippen LogP contribution in [0.2, 0.25) is 10.0 Å². The fraction of sp³-hybridized carbons (Fsp3) is 0.400. The van der Waals surface area contributed by atoms with E-state index in [1.807, 2.05) is 25.1 Å². The van der Waals surface area contributed by atoms with Gasteiger partial charge < -0.3 is 20.5 Å². The van der Waals surface area contributed by atoms with Crippen molar-refractivity contribution in [1.29, 1.82) is 0 Å². The first-order valence-corrected chi connectivity index (χ1v) is 12.3. The van der Waals surface area contributed by atoms with E-state index < -0.39 is 0 Å². The molecule has 7 nitrogen and oxygen atoms in total. The number of nitrogens with one attached hydrogen (secondary N) is 3. The van der Waals surface area contributed by atoms with Gasteiger partial charge in [0.05, 0.1) is 33.7 Å². The first kappa shape index (κ1) is 23.0. The monoisotopic (exact) mass is 499 g/mol. The summed E-state index contributed by atoms with van der Waals surface area (Å²) in [6.07, 6.45) is 2.63. The third-order valence-electron chi connectivity index (χ3n) is 7.20. The zero-order chi connectivity index (χ0) is 24.0. The van der Waals surface area contributed by atoms with Crippen LogP contribution in [0.5, 0.6) is 0 Å². The number of aromatic amines is 1. The van der Waals surface area contributed by atoms with Gasteiger partial charge in [-0.15, -0.1) is 0 Å². The number of imidazole rings is 1. The summed E-state index contributed by atoms with van der Waals surface area (Å²) in [5.74, 6) is 0.472. The number of benzene rings is 2. The second-order valence-corrected chi connectivity index (χ2v) is 10.2. The van der Waals surface area contributed by atoms with Gasteiger partial charge in [0.1, 0.15) is 5.82 Å². The zero-order valence-electron chi connectivity index (χ0n) is 19.1. The number of rotatable bonds is 4. The molecule has 2 fully saturated rings.